The topological polar surface area (TPSA) is 78.9 Å². The van der Waals surface area contributed by atoms with Gasteiger partial charge in [0.1, 0.15) is 5.75 Å². The largest absolute Gasteiger partial charge is 0.495 e. The molecule has 22 heavy (non-hydrogen) atoms. The zero-order chi connectivity index (χ0) is 16.3. The van der Waals surface area contributed by atoms with Gasteiger partial charge in [0.05, 0.1) is 24.8 Å². The Morgan fingerprint density at radius 3 is 2.91 bits per heavy atom. The number of nitrogens with one attached hydrogen (secondary N) is 1. The summed E-state index contributed by atoms with van der Waals surface area (Å²) in [5.74, 6) is -0.0927. The first-order valence-electron chi connectivity index (χ1n) is 7.33. The first-order chi connectivity index (χ1) is 10.4. The maximum absolute atomic E-state index is 12.2. The standard InChI is InChI=1S/C16H22N2O4/c1-10-4-5-14(22-3)13(6-10)18-9-12(7-15(18)20)16(21)17-8-11(2)19/h4-6,11-12,19H,7-9H2,1-3H3,(H,17,21). The second-order valence-electron chi connectivity index (χ2n) is 5.67. The van der Waals surface area contributed by atoms with Crippen LogP contribution in [0.15, 0.2) is 18.2 Å². The number of hydrogen-bond donors (Lipinski definition) is 2. The highest BCUT2D eigenvalue weighted by Gasteiger charge is 2.36. The zero-order valence-electron chi connectivity index (χ0n) is 13.1. The fraction of sp³-hybridized carbons (Fsp3) is 0.500. The van der Waals surface area contributed by atoms with Crippen LogP contribution in [0.5, 0.6) is 5.75 Å². The minimum absolute atomic E-state index is 0.0962. The van der Waals surface area contributed by atoms with Gasteiger partial charge >= 0.3 is 0 Å². The van der Waals surface area contributed by atoms with Crippen LogP contribution in [0.3, 0.4) is 0 Å². The van der Waals surface area contributed by atoms with Gasteiger partial charge in [-0.15, -0.1) is 0 Å². The molecule has 0 aromatic heterocycles. The maximum atomic E-state index is 12.2. The number of aryl methyl sites for hydroxylation is 1. The van der Waals surface area contributed by atoms with Gasteiger partial charge in [0.25, 0.3) is 0 Å². The second-order valence-corrected chi connectivity index (χ2v) is 5.67. The van der Waals surface area contributed by atoms with E-state index >= 15 is 0 Å². The van der Waals surface area contributed by atoms with E-state index in [1.165, 1.54) is 0 Å². The minimum atomic E-state index is -0.603. The Hall–Kier alpha value is -2.08. The summed E-state index contributed by atoms with van der Waals surface area (Å²) >= 11 is 0. The average molecular weight is 306 g/mol. The van der Waals surface area contributed by atoms with Crippen LogP contribution in [-0.2, 0) is 9.59 Å². The van der Waals surface area contributed by atoms with Crippen LogP contribution in [0.1, 0.15) is 18.9 Å². The molecule has 1 aliphatic rings. The van der Waals surface area contributed by atoms with Gasteiger partial charge in [0.15, 0.2) is 0 Å². The molecule has 2 rings (SSSR count). The quantitative estimate of drug-likeness (QED) is 0.845. The highest BCUT2D eigenvalue weighted by molar-refractivity contribution is 6.01. The molecule has 2 atom stereocenters. The molecule has 1 fully saturated rings. The lowest BCUT2D eigenvalue weighted by atomic mass is 10.1. The number of carbonyl (C=O) groups excluding carboxylic acids is 2. The Morgan fingerprint density at radius 2 is 2.27 bits per heavy atom. The molecule has 2 N–H and O–H groups in total. The number of rotatable bonds is 5. The van der Waals surface area contributed by atoms with Gasteiger partial charge < -0.3 is 20.1 Å². The molecule has 1 aromatic carbocycles. The molecule has 0 bridgehead atoms. The van der Waals surface area contributed by atoms with Crippen molar-refractivity contribution in [1.82, 2.24) is 5.32 Å². The average Bonchev–Trinajstić information content (AvgIpc) is 2.86. The first-order valence-corrected chi connectivity index (χ1v) is 7.33. The van der Waals surface area contributed by atoms with Crippen LogP contribution < -0.4 is 15.0 Å². The number of methoxy groups -OCH3 is 1. The summed E-state index contributed by atoms with van der Waals surface area (Å²) in [6.45, 7) is 4.06. The summed E-state index contributed by atoms with van der Waals surface area (Å²) in [6, 6.07) is 5.61. The number of benzene rings is 1. The van der Waals surface area contributed by atoms with E-state index in [0.717, 1.165) is 5.56 Å². The van der Waals surface area contributed by atoms with Gasteiger partial charge in [-0.3, -0.25) is 9.59 Å². The lowest BCUT2D eigenvalue weighted by Crippen LogP contribution is -2.36. The summed E-state index contributed by atoms with van der Waals surface area (Å²) in [4.78, 5) is 25.9. The minimum Gasteiger partial charge on any atom is -0.495 e. The third kappa shape index (κ3) is 3.57. The summed E-state index contributed by atoms with van der Waals surface area (Å²) in [5, 5.41) is 11.9. The molecular weight excluding hydrogens is 284 g/mol. The summed E-state index contributed by atoms with van der Waals surface area (Å²) in [5.41, 5.74) is 1.71. The number of hydrogen-bond acceptors (Lipinski definition) is 4. The van der Waals surface area contributed by atoms with Crippen molar-refractivity contribution < 1.29 is 19.4 Å². The van der Waals surface area contributed by atoms with Crippen molar-refractivity contribution in [3.05, 3.63) is 23.8 Å². The molecule has 0 saturated carbocycles. The van der Waals surface area contributed by atoms with E-state index in [1.807, 2.05) is 25.1 Å². The van der Waals surface area contributed by atoms with Crippen molar-refractivity contribution >= 4 is 17.5 Å². The van der Waals surface area contributed by atoms with Crippen LogP contribution in [-0.4, -0.2) is 43.2 Å². The molecule has 0 radical (unpaired) electrons. The van der Waals surface area contributed by atoms with Crippen LogP contribution >= 0.6 is 0 Å². The molecule has 6 nitrogen and oxygen atoms in total. The Kier molecular flexibility index (Phi) is 5.03. The SMILES string of the molecule is COc1ccc(C)cc1N1CC(C(=O)NCC(C)O)CC1=O. The Bertz CT molecular complexity index is 571. The van der Waals surface area contributed by atoms with E-state index in [1.54, 1.807) is 18.9 Å². The van der Waals surface area contributed by atoms with E-state index in [4.69, 9.17) is 4.74 Å². The summed E-state index contributed by atoms with van der Waals surface area (Å²) in [6.07, 6.45) is -0.433. The third-order valence-electron chi connectivity index (χ3n) is 3.69. The molecule has 1 aliphatic heterocycles. The third-order valence-corrected chi connectivity index (χ3v) is 3.69. The van der Waals surface area contributed by atoms with Crippen LogP contribution in [0, 0.1) is 12.8 Å². The first kappa shape index (κ1) is 16.3. The molecule has 0 aliphatic carbocycles. The Balaban J connectivity index is 2.13. The number of aliphatic hydroxyl groups is 1. The molecule has 0 spiro atoms. The summed E-state index contributed by atoms with van der Waals surface area (Å²) < 4.78 is 5.31. The lowest BCUT2D eigenvalue weighted by Gasteiger charge is -2.20. The van der Waals surface area contributed by atoms with Gasteiger partial charge in [-0.05, 0) is 31.5 Å². The van der Waals surface area contributed by atoms with Crippen molar-refractivity contribution in [2.24, 2.45) is 5.92 Å². The normalized spacial score (nSPS) is 19.2. The Labute approximate surface area is 130 Å². The second kappa shape index (κ2) is 6.79. The highest BCUT2D eigenvalue weighted by Crippen LogP contribution is 2.33. The van der Waals surface area contributed by atoms with E-state index in [2.05, 4.69) is 5.32 Å². The van der Waals surface area contributed by atoms with Crippen LogP contribution in [0.2, 0.25) is 0 Å². The molecule has 120 valence electrons. The molecule has 6 heteroatoms. The smallest absolute Gasteiger partial charge is 0.227 e. The number of carbonyl (C=O) groups is 2. The number of ether oxygens (including phenoxy) is 1. The van der Waals surface area contributed by atoms with E-state index in [-0.39, 0.29) is 24.8 Å². The monoisotopic (exact) mass is 306 g/mol. The molecule has 2 amide bonds. The summed E-state index contributed by atoms with van der Waals surface area (Å²) in [7, 11) is 1.56. The van der Waals surface area contributed by atoms with Gasteiger partial charge in [0, 0.05) is 19.5 Å². The van der Waals surface area contributed by atoms with Gasteiger partial charge in [-0.25, -0.2) is 0 Å². The van der Waals surface area contributed by atoms with Crippen molar-refractivity contribution in [3.8, 4) is 5.75 Å². The van der Waals surface area contributed by atoms with Crippen LogP contribution in [0.25, 0.3) is 0 Å². The van der Waals surface area contributed by atoms with Crippen molar-refractivity contribution in [2.45, 2.75) is 26.4 Å². The molecule has 1 saturated heterocycles. The Morgan fingerprint density at radius 1 is 1.55 bits per heavy atom. The predicted octanol–water partition coefficient (Wildman–Crippen LogP) is 0.854. The maximum Gasteiger partial charge on any atom is 0.227 e. The van der Waals surface area contributed by atoms with E-state index in [0.29, 0.717) is 18.0 Å². The predicted molar refractivity (Wildman–Crippen MR) is 82.9 cm³/mol. The highest BCUT2D eigenvalue weighted by atomic mass is 16.5. The lowest BCUT2D eigenvalue weighted by molar-refractivity contribution is -0.126. The number of nitrogens with zero attached hydrogens (tertiary/aromatic N) is 1. The van der Waals surface area contributed by atoms with Crippen LogP contribution in [0.4, 0.5) is 5.69 Å². The number of aliphatic hydroxyl groups excluding tert-OH is 1. The zero-order valence-corrected chi connectivity index (χ0v) is 13.1. The molecular formula is C16H22N2O4. The fourth-order valence-electron chi connectivity index (χ4n) is 2.52. The number of amides is 2. The van der Waals surface area contributed by atoms with Gasteiger partial charge in [-0.1, -0.05) is 6.07 Å². The molecule has 2 unspecified atom stereocenters. The van der Waals surface area contributed by atoms with Crippen molar-refractivity contribution in [2.75, 3.05) is 25.1 Å². The van der Waals surface area contributed by atoms with Gasteiger partial charge in [0.2, 0.25) is 11.8 Å². The van der Waals surface area contributed by atoms with E-state index in [9.17, 15) is 14.7 Å². The van der Waals surface area contributed by atoms with Crippen molar-refractivity contribution in [3.63, 3.8) is 0 Å². The van der Waals surface area contributed by atoms with E-state index < -0.39 is 12.0 Å². The number of anilines is 1. The molecule has 1 heterocycles. The fourth-order valence-corrected chi connectivity index (χ4v) is 2.52. The van der Waals surface area contributed by atoms with Gasteiger partial charge in [-0.2, -0.15) is 0 Å². The van der Waals surface area contributed by atoms with Crippen molar-refractivity contribution in [1.29, 1.82) is 0 Å². The molecule has 1 aromatic rings.